The normalized spacial score (nSPS) is 10.8. The van der Waals surface area contributed by atoms with Gasteiger partial charge in [-0.3, -0.25) is 0 Å². The maximum atomic E-state index is 6.04. The largest absolute Gasteiger partial charge is 0.376 e. The molecule has 0 amide bonds. The van der Waals surface area contributed by atoms with Crippen LogP contribution in [0.2, 0.25) is 5.02 Å². The molecular weight excluding hydrogens is 289 g/mol. The molecule has 1 aromatic carbocycles. The van der Waals surface area contributed by atoms with Crippen LogP contribution in [0.3, 0.4) is 0 Å². The van der Waals surface area contributed by atoms with Crippen LogP contribution >= 0.6 is 34.5 Å². The van der Waals surface area contributed by atoms with Gasteiger partial charge in [-0.1, -0.05) is 29.8 Å². The van der Waals surface area contributed by atoms with Crippen LogP contribution in [0.25, 0.3) is 0 Å². The summed E-state index contributed by atoms with van der Waals surface area (Å²) >= 11 is 13.4. The zero-order valence-corrected chi connectivity index (χ0v) is 12.1. The number of benzene rings is 1. The summed E-state index contributed by atoms with van der Waals surface area (Å²) < 4.78 is 5.60. The third-order valence-corrected chi connectivity index (χ3v) is 4.01. The summed E-state index contributed by atoms with van der Waals surface area (Å²) in [6, 6.07) is 7.71. The molecular formula is C13H13Cl2NOS. The van der Waals surface area contributed by atoms with Crippen LogP contribution in [0, 0.1) is 0 Å². The monoisotopic (exact) mass is 301 g/mol. The van der Waals surface area contributed by atoms with Gasteiger partial charge in [0, 0.05) is 16.8 Å². The second-order valence-electron chi connectivity index (χ2n) is 3.76. The van der Waals surface area contributed by atoms with E-state index in [1.807, 2.05) is 29.6 Å². The highest BCUT2D eigenvalue weighted by Crippen LogP contribution is 2.16. The van der Waals surface area contributed by atoms with Crippen molar-refractivity contribution in [3.8, 4) is 0 Å². The van der Waals surface area contributed by atoms with Crippen LogP contribution in [0.5, 0.6) is 0 Å². The fourth-order valence-corrected chi connectivity index (χ4v) is 2.68. The third kappa shape index (κ3) is 3.95. The van der Waals surface area contributed by atoms with Crippen molar-refractivity contribution in [2.24, 2.45) is 0 Å². The molecule has 18 heavy (non-hydrogen) atoms. The van der Waals surface area contributed by atoms with E-state index in [0.29, 0.717) is 19.1 Å². The maximum absolute atomic E-state index is 6.04. The molecule has 0 unspecified atom stereocenters. The Labute approximate surface area is 121 Å². The predicted octanol–water partition coefficient (Wildman–Crippen LogP) is 4.29. The van der Waals surface area contributed by atoms with E-state index < -0.39 is 0 Å². The molecule has 0 spiro atoms. The molecule has 5 heteroatoms. The van der Waals surface area contributed by atoms with Gasteiger partial charge in [-0.15, -0.1) is 22.9 Å². The Kier molecular flexibility index (Phi) is 5.45. The number of hydrogen-bond donors (Lipinski definition) is 0. The van der Waals surface area contributed by atoms with Gasteiger partial charge in [-0.05, 0) is 11.6 Å². The van der Waals surface area contributed by atoms with Crippen molar-refractivity contribution in [1.29, 1.82) is 0 Å². The Bertz CT molecular complexity index is 501. The van der Waals surface area contributed by atoms with Crippen LogP contribution < -0.4 is 0 Å². The van der Waals surface area contributed by atoms with Crippen LogP contribution in [0.4, 0.5) is 0 Å². The summed E-state index contributed by atoms with van der Waals surface area (Å²) in [6.07, 6.45) is 0.812. The van der Waals surface area contributed by atoms with Gasteiger partial charge in [0.05, 0.1) is 29.8 Å². The summed E-state index contributed by atoms with van der Waals surface area (Å²) in [5, 5.41) is 3.79. The molecule has 0 saturated carbocycles. The number of ether oxygens (including phenoxy) is 1. The van der Waals surface area contributed by atoms with E-state index in [2.05, 4.69) is 4.98 Å². The molecule has 0 bridgehead atoms. The number of alkyl halides is 1. The summed E-state index contributed by atoms with van der Waals surface area (Å²) in [4.78, 5) is 4.37. The Morgan fingerprint density at radius 2 is 2.11 bits per heavy atom. The fourth-order valence-electron chi connectivity index (χ4n) is 1.48. The second kappa shape index (κ2) is 7.10. The quantitative estimate of drug-likeness (QED) is 0.586. The molecule has 0 atom stereocenters. The Morgan fingerprint density at radius 1 is 1.28 bits per heavy atom. The molecule has 0 fully saturated rings. The summed E-state index contributed by atoms with van der Waals surface area (Å²) in [7, 11) is 0. The second-order valence-corrected chi connectivity index (χ2v) is 5.38. The van der Waals surface area contributed by atoms with Crippen molar-refractivity contribution >= 4 is 34.5 Å². The lowest BCUT2D eigenvalue weighted by Gasteiger charge is -2.04. The van der Waals surface area contributed by atoms with E-state index in [4.69, 9.17) is 27.9 Å². The van der Waals surface area contributed by atoms with Gasteiger partial charge >= 0.3 is 0 Å². The topological polar surface area (TPSA) is 22.1 Å². The molecule has 1 aromatic heterocycles. The predicted molar refractivity (Wildman–Crippen MR) is 76.5 cm³/mol. The van der Waals surface area contributed by atoms with Crippen molar-refractivity contribution in [3.05, 3.63) is 50.9 Å². The summed E-state index contributed by atoms with van der Waals surface area (Å²) in [5.41, 5.74) is 1.95. The number of nitrogens with zero attached hydrogens (tertiary/aromatic N) is 1. The zero-order valence-electron chi connectivity index (χ0n) is 9.73. The van der Waals surface area contributed by atoms with Crippen LogP contribution in [0.15, 0.2) is 29.6 Å². The van der Waals surface area contributed by atoms with Gasteiger partial charge in [-0.2, -0.15) is 0 Å². The van der Waals surface area contributed by atoms with E-state index in [9.17, 15) is 0 Å². The minimum Gasteiger partial charge on any atom is -0.376 e. The number of rotatable bonds is 6. The highest BCUT2D eigenvalue weighted by Gasteiger charge is 2.02. The van der Waals surface area contributed by atoms with Crippen molar-refractivity contribution in [3.63, 3.8) is 0 Å². The smallest absolute Gasteiger partial charge is 0.0951 e. The first-order valence-corrected chi connectivity index (χ1v) is 7.39. The van der Waals surface area contributed by atoms with Crippen LogP contribution in [0.1, 0.15) is 16.3 Å². The standard InChI is InChI=1S/C13H13Cl2NOS/c14-7-11-9-18-13(16-11)5-6-17-8-10-3-1-2-4-12(10)15/h1-4,9H,5-8H2. The van der Waals surface area contributed by atoms with Crippen molar-refractivity contribution in [1.82, 2.24) is 4.98 Å². The zero-order chi connectivity index (χ0) is 12.8. The molecule has 2 aromatic rings. The molecule has 0 N–H and O–H groups in total. The first-order chi connectivity index (χ1) is 8.79. The first kappa shape index (κ1) is 13.8. The first-order valence-electron chi connectivity index (χ1n) is 5.60. The SMILES string of the molecule is ClCc1csc(CCOCc2ccccc2Cl)n1. The minimum absolute atomic E-state index is 0.469. The molecule has 96 valence electrons. The van der Waals surface area contributed by atoms with Crippen LogP contribution in [-0.2, 0) is 23.6 Å². The van der Waals surface area contributed by atoms with Gasteiger partial charge in [-0.25, -0.2) is 4.98 Å². The van der Waals surface area contributed by atoms with Gasteiger partial charge in [0.1, 0.15) is 0 Å². The Morgan fingerprint density at radius 3 is 2.83 bits per heavy atom. The average molecular weight is 302 g/mol. The number of hydrogen-bond acceptors (Lipinski definition) is 3. The van der Waals surface area contributed by atoms with E-state index >= 15 is 0 Å². The van der Waals surface area contributed by atoms with Crippen LogP contribution in [-0.4, -0.2) is 11.6 Å². The molecule has 0 radical (unpaired) electrons. The lowest BCUT2D eigenvalue weighted by molar-refractivity contribution is 0.124. The van der Waals surface area contributed by atoms with Gasteiger partial charge in [0.15, 0.2) is 0 Å². The average Bonchev–Trinajstić information content (AvgIpc) is 2.84. The van der Waals surface area contributed by atoms with Crippen molar-refractivity contribution in [2.45, 2.75) is 18.9 Å². The number of halogens is 2. The van der Waals surface area contributed by atoms with Crippen molar-refractivity contribution < 1.29 is 4.74 Å². The molecule has 1 heterocycles. The highest BCUT2D eigenvalue weighted by molar-refractivity contribution is 7.09. The molecule has 0 aliphatic heterocycles. The molecule has 0 aliphatic carbocycles. The number of thiazole rings is 1. The van der Waals surface area contributed by atoms with Crippen molar-refractivity contribution in [2.75, 3.05) is 6.61 Å². The lowest BCUT2D eigenvalue weighted by atomic mass is 10.2. The minimum atomic E-state index is 0.469. The maximum Gasteiger partial charge on any atom is 0.0951 e. The van der Waals surface area contributed by atoms with Gasteiger partial charge in [0.2, 0.25) is 0 Å². The van der Waals surface area contributed by atoms with E-state index in [0.717, 1.165) is 27.7 Å². The third-order valence-electron chi connectivity index (χ3n) is 2.41. The fraction of sp³-hybridized carbons (Fsp3) is 0.308. The Balaban J connectivity index is 1.74. The molecule has 2 rings (SSSR count). The molecule has 0 aliphatic rings. The van der Waals surface area contributed by atoms with E-state index in [-0.39, 0.29) is 0 Å². The number of aromatic nitrogens is 1. The van der Waals surface area contributed by atoms with E-state index in [1.54, 1.807) is 11.3 Å². The van der Waals surface area contributed by atoms with Gasteiger partial charge in [0.25, 0.3) is 0 Å². The summed E-state index contributed by atoms with van der Waals surface area (Å²) in [5.74, 6) is 0.469. The molecule has 0 saturated heterocycles. The van der Waals surface area contributed by atoms with E-state index in [1.165, 1.54) is 0 Å². The lowest BCUT2D eigenvalue weighted by Crippen LogP contribution is -1.99. The Hall–Kier alpha value is -0.610. The molecule has 2 nitrogen and oxygen atoms in total. The van der Waals surface area contributed by atoms with Gasteiger partial charge < -0.3 is 4.74 Å². The summed E-state index contributed by atoms with van der Waals surface area (Å²) in [6.45, 7) is 1.17. The highest BCUT2D eigenvalue weighted by atomic mass is 35.5.